The van der Waals surface area contributed by atoms with Crippen molar-refractivity contribution in [3.63, 3.8) is 0 Å². The lowest BCUT2D eigenvalue weighted by Crippen LogP contribution is -2.20. The van der Waals surface area contributed by atoms with Gasteiger partial charge in [0.05, 0.1) is 0 Å². The predicted octanol–water partition coefficient (Wildman–Crippen LogP) is 3.51. The minimum atomic E-state index is 0.777. The lowest BCUT2D eigenvalue weighted by molar-refractivity contribution is 0.422. The van der Waals surface area contributed by atoms with E-state index in [0.29, 0.717) is 0 Å². The standard InChI is InChI=1S/C14H21NS/c1-3-11(9-15-2)8-12-10-16-14-7-5-4-6-13(12)14/h4-7,11-12,15H,3,8-10H2,1-2H3. The summed E-state index contributed by atoms with van der Waals surface area (Å²) in [6.45, 7) is 3.45. The molecule has 88 valence electrons. The van der Waals surface area contributed by atoms with E-state index in [1.54, 1.807) is 5.56 Å². The zero-order valence-corrected chi connectivity index (χ0v) is 11.0. The molecule has 2 rings (SSSR count). The summed E-state index contributed by atoms with van der Waals surface area (Å²) >= 11 is 2.03. The molecule has 0 amide bonds. The number of thioether (sulfide) groups is 1. The molecule has 1 aromatic rings. The third kappa shape index (κ3) is 2.61. The first kappa shape index (κ1) is 12.0. The van der Waals surface area contributed by atoms with Crippen molar-refractivity contribution in [3.05, 3.63) is 29.8 Å². The Hall–Kier alpha value is -0.470. The van der Waals surface area contributed by atoms with Crippen LogP contribution in [0.15, 0.2) is 29.2 Å². The summed E-state index contributed by atoms with van der Waals surface area (Å²) < 4.78 is 0. The van der Waals surface area contributed by atoms with E-state index >= 15 is 0 Å². The lowest BCUT2D eigenvalue weighted by Gasteiger charge is -2.19. The minimum absolute atomic E-state index is 0.777. The van der Waals surface area contributed by atoms with Crippen LogP contribution in [0.1, 0.15) is 31.2 Å². The Morgan fingerprint density at radius 3 is 3.00 bits per heavy atom. The van der Waals surface area contributed by atoms with Crippen LogP contribution in [-0.4, -0.2) is 19.3 Å². The molecular weight excluding hydrogens is 214 g/mol. The third-order valence-corrected chi connectivity index (χ3v) is 4.74. The van der Waals surface area contributed by atoms with Crippen molar-refractivity contribution in [1.82, 2.24) is 5.32 Å². The second-order valence-corrected chi connectivity index (χ2v) is 5.68. The molecule has 0 saturated carbocycles. The van der Waals surface area contributed by atoms with Gasteiger partial charge in [0.15, 0.2) is 0 Å². The van der Waals surface area contributed by atoms with E-state index in [4.69, 9.17) is 0 Å². The number of nitrogens with one attached hydrogen (secondary N) is 1. The molecule has 1 heterocycles. The number of hydrogen-bond donors (Lipinski definition) is 1. The topological polar surface area (TPSA) is 12.0 Å². The van der Waals surface area contributed by atoms with E-state index in [9.17, 15) is 0 Å². The smallest absolute Gasteiger partial charge is 0.0107 e. The van der Waals surface area contributed by atoms with Gasteiger partial charge in [0, 0.05) is 10.6 Å². The van der Waals surface area contributed by atoms with Crippen molar-refractivity contribution < 1.29 is 0 Å². The van der Waals surface area contributed by atoms with Crippen LogP contribution in [0.2, 0.25) is 0 Å². The van der Waals surface area contributed by atoms with Crippen LogP contribution in [-0.2, 0) is 0 Å². The first-order valence-electron chi connectivity index (χ1n) is 6.21. The monoisotopic (exact) mass is 235 g/mol. The Labute approximate surface area is 103 Å². The van der Waals surface area contributed by atoms with Crippen LogP contribution in [0.3, 0.4) is 0 Å². The fraction of sp³-hybridized carbons (Fsp3) is 0.571. The molecule has 16 heavy (non-hydrogen) atoms. The molecule has 2 heteroatoms. The summed E-state index contributed by atoms with van der Waals surface area (Å²) in [5, 5.41) is 3.31. The van der Waals surface area contributed by atoms with Gasteiger partial charge in [-0.2, -0.15) is 0 Å². The van der Waals surface area contributed by atoms with Gasteiger partial charge in [-0.05, 0) is 43.5 Å². The third-order valence-electron chi connectivity index (χ3n) is 3.49. The van der Waals surface area contributed by atoms with Gasteiger partial charge in [-0.15, -0.1) is 11.8 Å². The highest BCUT2D eigenvalue weighted by molar-refractivity contribution is 7.99. The average Bonchev–Trinajstić information content (AvgIpc) is 2.72. The van der Waals surface area contributed by atoms with E-state index in [1.165, 1.54) is 23.5 Å². The van der Waals surface area contributed by atoms with E-state index < -0.39 is 0 Å². The first-order chi connectivity index (χ1) is 7.85. The zero-order chi connectivity index (χ0) is 11.4. The Morgan fingerprint density at radius 1 is 1.44 bits per heavy atom. The predicted molar refractivity (Wildman–Crippen MR) is 72.2 cm³/mol. The SMILES string of the molecule is CCC(CNC)CC1CSc2ccccc21. The van der Waals surface area contributed by atoms with Gasteiger partial charge in [-0.1, -0.05) is 31.5 Å². The summed E-state index contributed by atoms with van der Waals surface area (Å²) in [6, 6.07) is 8.90. The van der Waals surface area contributed by atoms with Gasteiger partial charge in [0.2, 0.25) is 0 Å². The fourth-order valence-corrected chi connectivity index (χ4v) is 3.78. The van der Waals surface area contributed by atoms with Crippen molar-refractivity contribution in [2.45, 2.75) is 30.6 Å². The molecule has 1 aliphatic heterocycles. The number of hydrogen-bond acceptors (Lipinski definition) is 2. The second-order valence-electron chi connectivity index (χ2n) is 4.61. The quantitative estimate of drug-likeness (QED) is 0.838. The molecule has 0 radical (unpaired) electrons. The van der Waals surface area contributed by atoms with Gasteiger partial charge in [0.1, 0.15) is 0 Å². The molecule has 1 N–H and O–H groups in total. The first-order valence-corrected chi connectivity index (χ1v) is 7.20. The molecule has 2 unspecified atom stereocenters. The van der Waals surface area contributed by atoms with E-state index in [-0.39, 0.29) is 0 Å². The van der Waals surface area contributed by atoms with Gasteiger partial charge in [-0.25, -0.2) is 0 Å². The van der Waals surface area contributed by atoms with Crippen molar-refractivity contribution in [1.29, 1.82) is 0 Å². The van der Waals surface area contributed by atoms with Crippen LogP contribution in [0.25, 0.3) is 0 Å². The number of rotatable bonds is 5. The normalized spacial score (nSPS) is 20.8. The largest absolute Gasteiger partial charge is 0.319 e. The second kappa shape index (κ2) is 5.74. The lowest BCUT2D eigenvalue weighted by atomic mass is 9.89. The van der Waals surface area contributed by atoms with E-state index in [1.807, 2.05) is 11.8 Å². The Kier molecular flexibility index (Phi) is 4.30. The van der Waals surface area contributed by atoms with Crippen molar-refractivity contribution in [3.8, 4) is 0 Å². The summed E-state index contributed by atoms with van der Waals surface area (Å²) in [4.78, 5) is 1.51. The van der Waals surface area contributed by atoms with Crippen LogP contribution < -0.4 is 5.32 Å². The van der Waals surface area contributed by atoms with Gasteiger partial charge < -0.3 is 5.32 Å². The molecule has 2 atom stereocenters. The molecule has 1 nitrogen and oxygen atoms in total. The van der Waals surface area contributed by atoms with Gasteiger partial charge >= 0.3 is 0 Å². The Balaban J connectivity index is 2.02. The Morgan fingerprint density at radius 2 is 2.25 bits per heavy atom. The molecule has 1 aromatic carbocycles. The summed E-state index contributed by atoms with van der Waals surface area (Å²) in [5.41, 5.74) is 1.59. The molecule has 1 aliphatic rings. The fourth-order valence-electron chi connectivity index (χ4n) is 2.51. The minimum Gasteiger partial charge on any atom is -0.319 e. The highest BCUT2D eigenvalue weighted by Gasteiger charge is 2.24. The molecular formula is C14H21NS. The van der Waals surface area contributed by atoms with Crippen LogP contribution in [0.4, 0.5) is 0 Å². The van der Waals surface area contributed by atoms with Crippen molar-refractivity contribution in [2.75, 3.05) is 19.3 Å². The van der Waals surface area contributed by atoms with Crippen molar-refractivity contribution >= 4 is 11.8 Å². The molecule has 0 bridgehead atoms. The van der Waals surface area contributed by atoms with E-state index in [2.05, 4.69) is 43.6 Å². The molecule has 0 aromatic heterocycles. The maximum Gasteiger partial charge on any atom is 0.0107 e. The molecule has 0 saturated heterocycles. The molecule has 0 spiro atoms. The zero-order valence-electron chi connectivity index (χ0n) is 10.2. The summed E-state index contributed by atoms with van der Waals surface area (Å²) in [6.07, 6.45) is 2.62. The summed E-state index contributed by atoms with van der Waals surface area (Å²) in [5.74, 6) is 2.88. The number of fused-ring (bicyclic) bond motifs is 1. The van der Waals surface area contributed by atoms with Crippen molar-refractivity contribution in [2.24, 2.45) is 5.92 Å². The van der Waals surface area contributed by atoms with Crippen LogP contribution >= 0.6 is 11.8 Å². The maximum absolute atomic E-state index is 3.31. The van der Waals surface area contributed by atoms with Gasteiger partial charge in [-0.3, -0.25) is 0 Å². The van der Waals surface area contributed by atoms with Crippen LogP contribution in [0.5, 0.6) is 0 Å². The Bertz CT molecular complexity index is 337. The van der Waals surface area contributed by atoms with Gasteiger partial charge in [0.25, 0.3) is 0 Å². The highest BCUT2D eigenvalue weighted by Crippen LogP contribution is 2.42. The maximum atomic E-state index is 3.31. The average molecular weight is 235 g/mol. The molecule has 0 aliphatic carbocycles. The summed E-state index contributed by atoms with van der Waals surface area (Å²) in [7, 11) is 2.06. The highest BCUT2D eigenvalue weighted by atomic mass is 32.2. The van der Waals surface area contributed by atoms with Crippen LogP contribution in [0, 0.1) is 5.92 Å². The molecule has 0 fully saturated rings. The van der Waals surface area contributed by atoms with E-state index in [0.717, 1.165) is 18.4 Å². The number of benzene rings is 1.